The van der Waals surface area contributed by atoms with Crippen LogP contribution in [0.25, 0.3) is 0 Å². The number of anilines is 1. The lowest BCUT2D eigenvalue weighted by atomic mass is 10.1. The first-order valence-electron chi connectivity index (χ1n) is 6.19. The summed E-state index contributed by atoms with van der Waals surface area (Å²) in [5.74, 6) is -0.0578. The molecule has 100 valence electrons. The van der Waals surface area contributed by atoms with E-state index in [1.807, 2.05) is 32.0 Å². The Kier molecular flexibility index (Phi) is 3.85. The highest BCUT2D eigenvalue weighted by Gasteiger charge is 2.08. The topological polar surface area (TPSA) is 72.9 Å². The number of aryl methyl sites for hydroxylation is 2. The van der Waals surface area contributed by atoms with Gasteiger partial charge in [0.05, 0.1) is 18.4 Å². The molecule has 2 rings (SSSR count). The van der Waals surface area contributed by atoms with Crippen molar-refractivity contribution in [3.63, 3.8) is 0 Å². The molecule has 19 heavy (non-hydrogen) atoms. The minimum Gasteiger partial charge on any atom is -0.396 e. The summed E-state index contributed by atoms with van der Waals surface area (Å²) in [7, 11) is 0. The van der Waals surface area contributed by atoms with Gasteiger partial charge in [-0.25, -0.2) is 0 Å². The van der Waals surface area contributed by atoms with Gasteiger partial charge < -0.3 is 11.1 Å². The van der Waals surface area contributed by atoms with Gasteiger partial charge in [0, 0.05) is 18.3 Å². The first kappa shape index (κ1) is 13.1. The molecular formula is C14H18N4O. The van der Waals surface area contributed by atoms with Crippen molar-refractivity contribution in [1.82, 2.24) is 15.1 Å². The third-order valence-corrected chi connectivity index (χ3v) is 2.91. The van der Waals surface area contributed by atoms with Crippen molar-refractivity contribution in [2.75, 3.05) is 12.3 Å². The minimum absolute atomic E-state index is 0.0578. The molecule has 0 radical (unpaired) electrons. The Hall–Kier alpha value is -2.30. The van der Waals surface area contributed by atoms with Crippen molar-refractivity contribution < 1.29 is 4.79 Å². The van der Waals surface area contributed by atoms with E-state index in [-0.39, 0.29) is 5.91 Å². The van der Waals surface area contributed by atoms with Gasteiger partial charge in [0.1, 0.15) is 0 Å². The lowest BCUT2D eigenvalue weighted by Crippen LogP contribution is -2.27. The summed E-state index contributed by atoms with van der Waals surface area (Å²) in [4.78, 5) is 12.0. The van der Waals surface area contributed by atoms with Crippen LogP contribution in [0.1, 0.15) is 21.5 Å². The lowest BCUT2D eigenvalue weighted by molar-refractivity contribution is 0.0951. The van der Waals surface area contributed by atoms with Gasteiger partial charge in [-0.05, 0) is 25.5 Å². The van der Waals surface area contributed by atoms with Crippen LogP contribution in [0.5, 0.6) is 0 Å². The third kappa shape index (κ3) is 3.34. The van der Waals surface area contributed by atoms with Gasteiger partial charge in [0.15, 0.2) is 0 Å². The van der Waals surface area contributed by atoms with E-state index >= 15 is 0 Å². The van der Waals surface area contributed by atoms with E-state index in [1.54, 1.807) is 17.1 Å². The Morgan fingerprint density at radius 2 is 2.21 bits per heavy atom. The zero-order valence-corrected chi connectivity index (χ0v) is 11.2. The number of hydrogen-bond donors (Lipinski definition) is 2. The fraction of sp³-hybridized carbons (Fsp3) is 0.286. The van der Waals surface area contributed by atoms with Crippen LogP contribution in [0.2, 0.25) is 0 Å². The zero-order valence-electron chi connectivity index (χ0n) is 11.2. The minimum atomic E-state index is -0.0578. The van der Waals surface area contributed by atoms with Crippen molar-refractivity contribution in [2.45, 2.75) is 20.4 Å². The van der Waals surface area contributed by atoms with Crippen LogP contribution in [0.4, 0.5) is 5.69 Å². The molecule has 1 aromatic heterocycles. The molecule has 0 fully saturated rings. The maximum atomic E-state index is 12.0. The molecule has 1 amide bonds. The van der Waals surface area contributed by atoms with Gasteiger partial charge in [-0.1, -0.05) is 17.7 Å². The monoisotopic (exact) mass is 258 g/mol. The molecule has 0 aliphatic carbocycles. The van der Waals surface area contributed by atoms with E-state index < -0.39 is 0 Å². The highest BCUT2D eigenvalue weighted by Crippen LogP contribution is 2.10. The SMILES string of the molecule is Cc1ccc(C(=O)NCCn2cc(N)cn2)c(C)c1. The van der Waals surface area contributed by atoms with Crippen LogP contribution in [0, 0.1) is 13.8 Å². The first-order valence-corrected chi connectivity index (χ1v) is 6.19. The Morgan fingerprint density at radius 1 is 1.42 bits per heavy atom. The molecule has 1 aromatic carbocycles. The number of nitrogens with one attached hydrogen (secondary N) is 1. The third-order valence-electron chi connectivity index (χ3n) is 2.91. The number of aromatic nitrogens is 2. The highest BCUT2D eigenvalue weighted by molar-refractivity contribution is 5.95. The first-order chi connectivity index (χ1) is 9.06. The van der Waals surface area contributed by atoms with E-state index in [4.69, 9.17) is 5.73 Å². The predicted molar refractivity (Wildman–Crippen MR) is 74.9 cm³/mol. The van der Waals surface area contributed by atoms with Gasteiger partial charge in [-0.3, -0.25) is 9.48 Å². The maximum Gasteiger partial charge on any atom is 0.251 e. The molecule has 0 saturated carbocycles. The smallest absolute Gasteiger partial charge is 0.251 e. The van der Waals surface area contributed by atoms with Gasteiger partial charge >= 0.3 is 0 Å². The van der Waals surface area contributed by atoms with E-state index in [0.717, 1.165) is 11.1 Å². The molecule has 5 nitrogen and oxygen atoms in total. The Bertz CT molecular complexity index is 589. The molecule has 0 aliphatic rings. The van der Waals surface area contributed by atoms with Crippen LogP contribution in [0.15, 0.2) is 30.6 Å². The van der Waals surface area contributed by atoms with E-state index in [2.05, 4.69) is 10.4 Å². The fourth-order valence-electron chi connectivity index (χ4n) is 1.95. The maximum absolute atomic E-state index is 12.0. The van der Waals surface area contributed by atoms with Gasteiger partial charge in [0.25, 0.3) is 5.91 Å². The fourth-order valence-corrected chi connectivity index (χ4v) is 1.95. The molecule has 2 aromatic rings. The molecule has 3 N–H and O–H groups in total. The second-order valence-corrected chi connectivity index (χ2v) is 4.61. The molecule has 0 spiro atoms. The number of benzene rings is 1. The Morgan fingerprint density at radius 3 is 2.84 bits per heavy atom. The molecule has 0 aliphatic heterocycles. The van der Waals surface area contributed by atoms with E-state index in [1.165, 1.54) is 0 Å². The summed E-state index contributed by atoms with van der Waals surface area (Å²) >= 11 is 0. The quantitative estimate of drug-likeness (QED) is 0.873. The Labute approximate surface area is 112 Å². The number of carbonyl (C=O) groups excluding carboxylic acids is 1. The molecule has 0 bridgehead atoms. The average Bonchev–Trinajstić information content (AvgIpc) is 2.75. The molecule has 0 saturated heterocycles. The standard InChI is InChI=1S/C14H18N4O/c1-10-3-4-13(11(2)7-10)14(19)16-5-6-18-9-12(15)8-17-18/h3-4,7-9H,5-6,15H2,1-2H3,(H,16,19). The summed E-state index contributed by atoms with van der Waals surface area (Å²) < 4.78 is 1.71. The van der Waals surface area contributed by atoms with E-state index in [0.29, 0.717) is 24.3 Å². The molecule has 5 heteroatoms. The summed E-state index contributed by atoms with van der Waals surface area (Å²) in [5.41, 5.74) is 9.04. The molecule has 0 unspecified atom stereocenters. The number of nitrogens with two attached hydrogens (primary N) is 1. The van der Waals surface area contributed by atoms with Gasteiger partial charge in [-0.2, -0.15) is 5.10 Å². The van der Waals surface area contributed by atoms with Crippen molar-refractivity contribution in [1.29, 1.82) is 0 Å². The van der Waals surface area contributed by atoms with E-state index in [9.17, 15) is 4.79 Å². The number of nitrogens with zero attached hydrogens (tertiary/aromatic N) is 2. The summed E-state index contributed by atoms with van der Waals surface area (Å²) in [6.07, 6.45) is 3.33. The second kappa shape index (κ2) is 5.56. The number of nitrogen functional groups attached to an aromatic ring is 1. The molecule has 1 heterocycles. The highest BCUT2D eigenvalue weighted by atomic mass is 16.1. The van der Waals surface area contributed by atoms with Crippen molar-refractivity contribution in [2.24, 2.45) is 0 Å². The normalized spacial score (nSPS) is 10.4. The van der Waals surface area contributed by atoms with Gasteiger partial charge in [0.2, 0.25) is 0 Å². The number of amides is 1. The largest absolute Gasteiger partial charge is 0.396 e. The summed E-state index contributed by atoms with van der Waals surface area (Å²) in [5, 5.41) is 6.93. The van der Waals surface area contributed by atoms with Crippen molar-refractivity contribution in [3.8, 4) is 0 Å². The van der Waals surface area contributed by atoms with Crippen LogP contribution in [0.3, 0.4) is 0 Å². The average molecular weight is 258 g/mol. The number of hydrogen-bond acceptors (Lipinski definition) is 3. The lowest BCUT2D eigenvalue weighted by Gasteiger charge is -2.08. The summed E-state index contributed by atoms with van der Waals surface area (Å²) in [6, 6.07) is 5.80. The van der Waals surface area contributed by atoms with Crippen LogP contribution in [-0.4, -0.2) is 22.2 Å². The van der Waals surface area contributed by atoms with Crippen LogP contribution < -0.4 is 11.1 Å². The molecule has 0 atom stereocenters. The van der Waals surface area contributed by atoms with Crippen LogP contribution in [-0.2, 0) is 6.54 Å². The van der Waals surface area contributed by atoms with Gasteiger partial charge in [-0.15, -0.1) is 0 Å². The second-order valence-electron chi connectivity index (χ2n) is 4.61. The Balaban J connectivity index is 1.90. The summed E-state index contributed by atoms with van der Waals surface area (Å²) in [6.45, 7) is 5.08. The van der Waals surface area contributed by atoms with Crippen LogP contribution >= 0.6 is 0 Å². The number of rotatable bonds is 4. The predicted octanol–water partition coefficient (Wildman–Crippen LogP) is 1.51. The number of carbonyl (C=O) groups is 1. The zero-order chi connectivity index (χ0) is 13.8. The van der Waals surface area contributed by atoms with Crippen molar-refractivity contribution in [3.05, 3.63) is 47.3 Å². The van der Waals surface area contributed by atoms with Crippen molar-refractivity contribution >= 4 is 11.6 Å². The molecular weight excluding hydrogens is 240 g/mol.